The Morgan fingerprint density at radius 3 is 2.91 bits per heavy atom. The van der Waals surface area contributed by atoms with Gasteiger partial charge in [0.05, 0.1) is 10.5 Å². The molecule has 2 fully saturated rings. The highest BCUT2D eigenvalue weighted by atomic mass is 35.5. The van der Waals surface area contributed by atoms with E-state index in [1.807, 2.05) is 24.3 Å². The van der Waals surface area contributed by atoms with Crippen molar-refractivity contribution >= 4 is 28.4 Å². The van der Waals surface area contributed by atoms with Crippen molar-refractivity contribution < 1.29 is 4.79 Å². The van der Waals surface area contributed by atoms with E-state index in [0.29, 0.717) is 16.6 Å². The molecule has 116 valence electrons. The molecular formula is C18H21ClN2O. The molecule has 1 aromatic carbocycles. The summed E-state index contributed by atoms with van der Waals surface area (Å²) in [6.07, 6.45) is 5.39. The second-order valence-corrected chi connectivity index (χ2v) is 7.40. The van der Waals surface area contributed by atoms with E-state index in [-0.39, 0.29) is 11.9 Å². The number of fused-ring (bicyclic) bond motifs is 3. The molecule has 4 atom stereocenters. The summed E-state index contributed by atoms with van der Waals surface area (Å²) in [5.74, 6) is 2.34. The summed E-state index contributed by atoms with van der Waals surface area (Å²) in [7, 11) is 0. The van der Waals surface area contributed by atoms with Gasteiger partial charge in [-0.2, -0.15) is 0 Å². The SMILES string of the molecule is CC(NC(=O)c1cc2cccc(Cl)c2[nH]1)C1CC2CCC1C2. The second-order valence-electron chi connectivity index (χ2n) is 6.99. The van der Waals surface area contributed by atoms with Crippen molar-refractivity contribution in [3.05, 3.63) is 35.0 Å². The zero-order valence-electron chi connectivity index (χ0n) is 12.7. The fourth-order valence-electron chi connectivity index (χ4n) is 4.54. The Hall–Kier alpha value is -1.48. The molecule has 2 aliphatic rings. The molecule has 1 amide bonds. The molecule has 0 aliphatic heterocycles. The summed E-state index contributed by atoms with van der Waals surface area (Å²) >= 11 is 6.16. The van der Waals surface area contributed by atoms with Crippen LogP contribution in [-0.4, -0.2) is 16.9 Å². The van der Waals surface area contributed by atoms with Crippen molar-refractivity contribution in [2.75, 3.05) is 0 Å². The first kappa shape index (κ1) is 14.1. The lowest BCUT2D eigenvalue weighted by atomic mass is 9.84. The summed E-state index contributed by atoms with van der Waals surface area (Å²) in [5, 5.41) is 4.82. The van der Waals surface area contributed by atoms with E-state index in [1.165, 1.54) is 25.7 Å². The molecule has 2 saturated carbocycles. The van der Waals surface area contributed by atoms with Gasteiger partial charge >= 0.3 is 0 Å². The predicted molar refractivity (Wildman–Crippen MR) is 89.2 cm³/mol. The largest absolute Gasteiger partial charge is 0.349 e. The fourth-order valence-corrected chi connectivity index (χ4v) is 4.77. The minimum absolute atomic E-state index is 0.0254. The number of carbonyl (C=O) groups excluding carboxylic acids is 1. The molecule has 2 bridgehead atoms. The van der Waals surface area contributed by atoms with E-state index in [2.05, 4.69) is 17.2 Å². The summed E-state index contributed by atoms with van der Waals surface area (Å²) < 4.78 is 0. The first-order chi connectivity index (χ1) is 10.6. The Morgan fingerprint density at radius 1 is 1.36 bits per heavy atom. The van der Waals surface area contributed by atoms with Crippen LogP contribution in [0.4, 0.5) is 0 Å². The molecule has 0 spiro atoms. The minimum Gasteiger partial charge on any atom is -0.349 e. The van der Waals surface area contributed by atoms with Gasteiger partial charge < -0.3 is 10.3 Å². The van der Waals surface area contributed by atoms with Crippen LogP contribution in [0.15, 0.2) is 24.3 Å². The normalized spacial score (nSPS) is 28.2. The van der Waals surface area contributed by atoms with Gasteiger partial charge in [-0.3, -0.25) is 4.79 Å². The van der Waals surface area contributed by atoms with Gasteiger partial charge in [0.1, 0.15) is 5.69 Å². The molecule has 3 nitrogen and oxygen atoms in total. The summed E-state index contributed by atoms with van der Waals surface area (Å²) in [4.78, 5) is 15.7. The number of rotatable bonds is 3. The number of hydrogen-bond acceptors (Lipinski definition) is 1. The number of hydrogen-bond donors (Lipinski definition) is 2. The molecule has 4 rings (SSSR count). The molecular weight excluding hydrogens is 296 g/mol. The van der Waals surface area contributed by atoms with Gasteiger partial charge in [-0.1, -0.05) is 30.2 Å². The van der Waals surface area contributed by atoms with Crippen LogP contribution in [0.2, 0.25) is 5.02 Å². The maximum atomic E-state index is 12.5. The van der Waals surface area contributed by atoms with Gasteiger partial charge in [-0.25, -0.2) is 0 Å². The molecule has 22 heavy (non-hydrogen) atoms. The van der Waals surface area contributed by atoms with Crippen LogP contribution in [0.1, 0.15) is 43.1 Å². The third kappa shape index (κ3) is 2.32. The lowest BCUT2D eigenvalue weighted by Gasteiger charge is -2.28. The summed E-state index contributed by atoms with van der Waals surface area (Å²) in [6, 6.07) is 7.82. The third-order valence-corrected chi connectivity index (χ3v) is 5.96. The molecule has 4 heteroatoms. The van der Waals surface area contributed by atoms with Crippen LogP contribution in [0.25, 0.3) is 10.9 Å². The average Bonchev–Trinajstić information content (AvgIpc) is 3.22. The third-order valence-electron chi connectivity index (χ3n) is 5.64. The van der Waals surface area contributed by atoms with Gasteiger partial charge in [0.2, 0.25) is 0 Å². The highest BCUT2D eigenvalue weighted by molar-refractivity contribution is 6.35. The van der Waals surface area contributed by atoms with Crippen molar-refractivity contribution in [2.45, 2.75) is 38.6 Å². The van der Waals surface area contributed by atoms with Crippen LogP contribution >= 0.6 is 11.6 Å². The second kappa shape index (κ2) is 5.31. The highest BCUT2D eigenvalue weighted by Gasteiger charge is 2.42. The number of aromatic nitrogens is 1. The Balaban J connectivity index is 1.50. The van der Waals surface area contributed by atoms with Gasteiger partial charge in [0, 0.05) is 11.4 Å². The van der Waals surface area contributed by atoms with Crippen molar-refractivity contribution in [2.24, 2.45) is 17.8 Å². The molecule has 2 aromatic rings. The van der Waals surface area contributed by atoms with E-state index >= 15 is 0 Å². The topological polar surface area (TPSA) is 44.9 Å². The molecule has 2 aliphatic carbocycles. The van der Waals surface area contributed by atoms with Crippen molar-refractivity contribution in [1.29, 1.82) is 0 Å². The van der Waals surface area contributed by atoms with E-state index < -0.39 is 0 Å². The maximum absolute atomic E-state index is 12.5. The quantitative estimate of drug-likeness (QED) is 0.867. The van der Waals surface area contributed by atoms with Crippen LogP contribution < -0.4 is 5.32 Å². The van der Waals surface area contributed by atoms with Gasteiger partial charge in [-0.05, 0) is 56.1 Å². The van der Waals surface area contributed by atoms with Crippen LogP contribution in [0.5, 0.6) is 0 Å². The average molecular weight is 317 g/mol. The molecule has 1 heterocycles. The monoisotopic (exact) mass is 316 g/mol. The first-order valence-corrected chi connectivity index (χ1v) is 8.57. The molecule has 4 unspecified atom stereocenters. The molecule has 2 N–H and O–H groups in total. The molecule has 0 radical (unpaired) electrons. The van der Waals surface area contributed by atoms with E-state index in [1.54, 1.807) is 0 Å². The molecule has 1 aromatic heterocycles. The van der Waals surface area contributed by atoms with E-state index in [4.69, 9.17) is 11.6 Å². The molecule has 0 saturated heterocycles. The van der Waals surface area contributed by atoms with Gasteiger partial charge in [0.25, 0.3) is 5.91 Å². The van der Waals surface area contributed by atoms with Crippen molar-refractivity contribution in [3.63, 3.8) is 0 Å². The first-order valence-electron chi connectivity index (χ1n) is 8.20. The maximum Gasteiger partial charge on any atom is 0.267 e. The predicted octanol–water partition coefficient (Wildman–Crippen LogP) is 4.38. The van der Waals surface area contributed by atoms with Crippen LogP contribution in [-0.2, 0) is 0 Å². The number of nitrogens with one attached hydrogen (secondary N) is 2. The van der Waals surface area contributed by atoms with Crippen LogP contribution in [0.3, 0.4) is 0 Å². The minimum atomic E-state index is -0.0254. The van der Waals surface area contributed by atoms with E-state index in [0.717, 1.165) is 22.7 Å². The zero-order chi connectivity index (χ0) is 15.3. The van der Waals surface area contributed by atoms with Gasteiger partial charge in [-0.15, -0.1) is 0 Å². The number of carbonyl (C=O) groups is 1. The lowest BCUT2D eigenvalue weighted by Crippen LogP contribution is -2.40. The van der Waals surface area contributed by atoms with E-state index in [9.17, 15) is 4.79 Å². The lowest BCUT2D eigenvalue weighted by molar-refractivity contribution is 0.0911. The van der Waals surface area contributed by atoms with Crippen molar-refractivity contribution in [1.82, 2.24) is 10.3 Å². The number of halogens is 1. The zero-order valence-corrected chi connectivity index (χ0v) is 13.5. The highest BCUT2D eigenvalue weighted by Crippen LogP contribution is 2.49. The smallest absolute Gasteiger partial charge is 0.267 e. The Kier molecular flexibility index (Phi) is 3.41. The Labute approximate surface area is 135 Å². The standard InChI is InChI=1S/C18H21ClN2O/c1-10(14-8-11-5-6-12(14)7-11)20-18(22)16-9-13-3-2-4-15(19)17(13)21-16/h2-4,9-12,14,21H,5-8H2,1H3,(H,20,22). The summed E-state index contributed by atoms with van der Waals surface area (Å²) in [6.45, 7) is 2.15. The van der Waals surface area contributed by atoms with Crippen molar-refractivity contribution in [3.8, 4) is 0 Å². The summed E-state index contributed by atoms with van der Waals surface area (Å²) in [5.41, 5.74) is 1.43. The number of aromatic amines is 1. The Bertz CT molecular complexity index is 723. The number of amides is 1. The number of para-hydroxylation sites is 1. The number of H-pyrrole nitrogens is 1. The Morgan fingerprint density at radius 2 is 2.23 bits per heavy atom. The number of benzene rings is 1. The fraction of sp³-hybridized carbons (Fsp3) is 0.500. The van der Waals surface area contributed by atoms with Crippen LogP contribution in [0, 0.1) is 17.8 Å². The van der Waals surface area contributed by atoms with Gasteiger partial charge in [0.15, 0.2) is 0 Å².